The highest BCUT2D eigenvalue weighted by molar-refractivity contribution is 5.67. The number of nitrogens with zero attached hydrogens (tertiary/aromatic N) is 1. The third-order valence-electron chi connectivity index (χ3n) is 1.66. The van der Waals surface area contributed by atoms with Gasteiger partial charge in [0.05, 0.1) is 19.8 Å². The molecule has 1 amide bonds. The van der Waals surface area contributed by atoms with Crippen molar-refractivity contribution >= 4 is 6.09 Å². The molecule has 0 aliphatic heterocycles. The molecule has 0 aromatic rings. The Morgan fingerprint density at radius 2 is 1.64 bits per heavy atom. The number of hydrogen-bond acceptors (Lipinski definition) is 4. The van der Waals surface area contributed by atoms with Crippen molar-refractivity contribution in [2.75, 3.05) is 47.1 Å². The van der Waals surface area contributed by atoms with Crippen LogP contribution < -0.4 is 0 Å². The summed E-state index contributed by atoms with van der Waals surface area (Å²) in [5.41, 5.74) is 0. The maximum atomic E-state index is 11.3. The molecule has 14 heavy (non-hydrogen) atoms. The molecule has 0 N–H and O–H groups in total. The second-order valence-electron chi connectivity index (χ2n) is 2.67. The van der Waals surface area contributed by atoms with Crippen molar-refractivity contribution in [3.05, 3.63) is 0 Å². The second kappa shape index (κ2) is 8.77. The first-order valence-corrected chi connectivity index (χ1v) is 4.65. The molecule has 0 atom stereocenters. The molecule has 0 aromatic carbocycles. The molecule has 0 fully saturated rings. The van der Waals surface area contributed by atoms with E-state index in [0.717, 1.165) is 0 Å². The maximum Gasteiger partial charge on any atom is 0.409 e. The minimum atomic E-state index is -0.318. The Morgan fingerprint density at radius 3 is 2.00 bits per heavy atom. The van der Waals surface area contributed by atoms with Crippen LogP contribution in [0.5, 0.6) is 0 Å². The average Bonchev–Trinajstić information content (AvgIpc) is 2.18. The van der Waals surface area contributed by atoms with E-state index >= 15 is 0 Å². The molecular weight excluding hydrogens is 186 g/mol. The van der Waals surface area contributed by atoms with Crippen LogP contribution in [-0.4, -0.2) is 58.1 Å². The lowest BCUT2D eigenvalue weighted by Gasteiger charge is -2.20. The average molecular weight is 205 g/mol. The van der Waals surface area contributed by atoms with Gasteiger partial charge in [0.1, 0.15) is 0 Å². The number of carbonyl (C=O) groups is 1. The topological polar surface area (TPSA) is 48.0 Å². The minimum absolute atomic E-state index is 0.318. The Morgan fingerprint density at radius 1 is 1.14 bits per heavy atom. The summed E-state index contributed by atoms with van der Waals surface area (Å²) in [4.78, 5) is 12.9. The monoisotopic (exact) mass is 205 g/mol. The SMILES string of the molecule is CCOC(=O)N(CCOC)CCOC. The molecule has 0 bridgehead atoms. The van der Waals surface area contributed by atoms with Gasteiger partial charge < -0.3 is 19.1 Å². The van der Waals surface area contributed by atoms with Gasteiger partial charge >= 0.3 is 6.09 Å². The lowest BCUT2D eigenvalue weighted by atomic mass is 10.5. The van der Waals surface area contributed by atoms with E-state index in [9.17, 15) is 4.79 Å². The molecule has 0 saturated heterocycles. The molecule has 84 valence electrons. The fraction of sp³-hybridized carbons (Fsp3) is 0.889. The van der Waals surface area contributed by atoms with Crippen molar-refractivity contribution in [1.82, 2.24) is 4.90 Å². The van der Waals surface area contributed by atoms with Crippen LogP contribution in [0.25, 0.3) is 0 Å². The van der Waals surface area contributed by atoms with Crippen molar-refractivity contribution in [2.24, 2.45) is 0 Å². The summed E-state index contributed by atoms with van der Waals surface area (Å²) in [5.74, 6) is 0. The summed E-state index contributed by atoms with van der Waals surface area (Å²) in [5, 5.41) is 0. The summed E-state index contributed by atoms with van der Waals surface area (Å²) < 4.78 is 14.7. The number of rotatable bonds is 7. The zero-order valence-corrected chi connectivity index (χ0v) is 9.12. The molecule has 0 heterocycles. The van der Waals surface area contributed by atoms with E-state index in [1.807, 2.05) is 0 Å². The van der Waals surface area contributed by atoms with E-state index in [1.54, 1.807) is 26.0 Å². The van der Waals surface area contributed by atoms with Crippen LogP contribution in [0, 0.1) is 0 Å². The molecule has 0 aliphatic rings. The number of hydrogen-bond donors (Lipinski definition) is 0. The molecule has 5 heteroatoms. The van der Waals surface area contributed by atoms with E-state index in [-0.39, 0.29) is 6.09 Å². The van der Waals surface area contributed by atoms with Crippen LogP contribution in [-0.2, 0) is 14.2 Å². The van der Waals surface area contributed by atoms with Crippen LogP contribution in [0.4, 0.5) is 4.79 Å². The third kappa shape index (κ3) is 5.77. The molecule has 0 aliphatic carbocycles. The van der Waals surface area contributed by atoms with Crippen molar-refractivity contribution in [3.8, 4) is 0 Å². The Bertz CT molecular complexity index is 144. The number of amides is 1. The molecular formula is C9H19NO4. The van der Waals surface area contributed by atoms with E-state index in [2.05, 4.69) is 0 Å². The van der Waals surface area contributed by atoms with Crippen LogP contribution in [0.2, 0.25) is 0 Å². The summed E-state index contributed by atoms with van der Waals surface area (Å²) >= 11 is 0. The van der Waals surface area contributed by atoms with Gasteiger partial charge in [-0.25, -0.2) is 4.79 Å². The van der Waals surface area contributed by atoms with Crippen molar-refractivity contribution in [2.45, 2.75) is 6.92 Å². The van der Waals surface area contributed by atoms with E-state index in [1.165, 1.54) is 0 Å². The van der Waals surface area contributed by atoms with E-state index < -0.39 is 0 Å². The molecule has 0 aromatic heterocycles. The van der Waals surface area contributed by atoms with E-state index in [0.29, 0.717) is 32.9 Å². The molecule has 0 spiro atoms. The van der Waals surface area contributed by atoms with Gasteiger partial charge in [-0.3, -0.25) is 0 Å². The zero-order valence-electron chi connectivity index (χ0n) is 9.12. The first-order chi connectivity index (χ1) is 6.76. The van der Waals surface area contributed by atoms with Crippen molar-refractivity contribution in [1.29, 1.82) is 0 Å². The molecule has 0 rings (SSSR count). The predicted octanol–water partition coefficient (Wildman–Crippen LogP) is 0.738. The molecule has 0 unspecified atom stereocenters. The summed E-state index contributed by atoms with van der Waals surface area (Å²) in [6.45, 7) is 4.22. The van der Waals surface area contributed by atoms with Gasteiger partial charge in [-0.15, -0.1) is 0 Å². The molecule has 0 saturated carbocycles. The third-order valence-corrected chi connectivity index (χ3v) is 1.66. The van der Waals surface area contributed by atoms with Gasteiger partial charge in [0.15, 0.2) is 0 Å². The first kappa shape index (κ1) is 13.2. The van der Waals surface area contributed by atoms with Gasteiger partial charge in [-0.05, 0) is 6.92 Å². The lowest BCUT2D eigenvalue weighted by Crippen LogP contribution is -2.36. The Kier molecular flexibility index (Phi) is 8.27. The van der Waals surface area contributed by atoms with Gasteiger partial charge in [0, 0.05) is 27.3 Å². The second-order valence-corrected chi connectivity index (χ2v) is 2.67. The fourth-order valence-electron chi connectivity index (χ4n) is 0.912. The highest BCUT2D eigenvalue weighted by Crippen LogP contribution is 1.94. The summed E-state index contributed by atoms with van der Waals surface area (Å²) in [6, 6.07) is 0. The Labute approximate surface area is 84.9 Å². The maximum absolute atomic E-state index is 11.3. The molecule has 0 radical (unpaired) electrons. The van der Waals surface area contributed by atoms with Crippen LogP contribution in [0.3, 0.4) is 0 Å². The zero-order chi connectivity index (χ0) is 10.8. The van der Waals surface area contributed by atoms with Crippen LogP contribution >= 0.6 is 0 Å². The standard InChI is InChI=1S/C9H19NO4/c1-4-14-9(11)10(5-7-12-2)6-8-13-3/h4-8H2,1-3H3. The van der Waals surface area contributed by atoms with Crippen molar-refractivity contribution < 1.29 is 19.0 Å². The van der Waals surface area contributed by atoms with Gasteiger partial charge in [-0.1, -0.05) is 0 Å². The smallest absolute Gasteiger partial charge is 0.409 e. The quantitative estimate of drug-likeness (QED) is 0.615. The minimum Gasteiger partial charge on any atom is -0.450 e. The van der Waals surface area contributed by atoms with Gasteiger partial charge in [0.25, 0.3) is 0 Å². The predicted molar refractivity (Wildman–Crippen MR) is 52.3 cm³/mol. The normalized spacial score (nSPS) is 9.93. The number of methoxy groups -OCH3 is 2. The summed E-state index contributed by atoms with van der Waals surface area (Å²) in [7, 11) is 3.19. The van der Waals surface area contributed by atoms with Crippen LogP contribution in [0.15, 0.2) is 0 Å². The Hall–Kier alpha value is -0.810. The lowest BCUT2D eigenvalue weighted by molar-refractivity contribution is 0.0765. The summed E-state index contributed by atoms with van der Waals surface area (Å²) in [6.07, 6.45) is -0.318. The number of ether oxygens (including phenoxy) is 3. The van der Waals surface area contributed by atoms with E-state index in [4.69, 9.17) is 14.2 Å². The fourth-order valence-corrected chi connectivity index (χ4v) is 0.912. The van der Waals surface area contributed by atoms with Crippen LogP contribution in [0.1, 0.15) is 6.92 Å². The highest BCUT2D eigenvalue weighted by atomic mass is 16.6. The Balaban J connectivity index is 3.88. The number of carbonyl (C=O) groups excluding carboxylic acids is 1. The highest BCUT2D eigenvalue weighted by Gasteiger charge is 2.13. The largest absolute Gasteiger partial charge is 0.450 e. The molecule has 5 nitrogen and oxygen atoms in total. The van der Waals surface area contributed by atoms with Crippen molar-refractivity contribution in [3.63, 3.8) is 0 Å². The van der Waals surface area contributed by atoms with Gasteiger partial charge in [-0.2, -0.15) is 0 Å². The first-order valence-electron chi connectivity index (χ1n) is 4.65. The van der Waals surface area contributed by atoms with Gasteiger partial charge in [0.2, 0.25) is 0 Å².